The summed E-state index contributed by atoms with van der Waals surface area (Å²) in [6.07, 6.45) is 3.34. The van der Waals surface area contributed by atoms with Gasteiger partial charge in [0, 0.05) is 18.0 Å². The maximum Gasteiger partial charge on any atom is 0.263 e. The maximum absolute atomic E-state index is 12.5. The molecule has 0 fully saturated rings. The van der Waals surface area contributed by atoms with E-state index in [1.54, 1.807) is 48.8 Å². The van der Waals surface area contributed by atoms with E-state index in [-0.39, 0.29) is 10.7 Å². The molecular formula is C18H17N3O3S. The molecule has 7 heteroatoms. The summed E-state index contributed by atoms with van der Waals surface area (Å²) in [5.74, 6) is 0.869. The number of nitrogens with one attached hydrogen (secondary N) is 1. The molecule has 0 saturated heterocycles. The van der Waals surface area contributed by atoms with Gasteiger partial charge >= 0.3 is 0 Å². The fourth-order valence-corrected chi connectivity index (χ4v) is 3.25. The summed E-state index contributed by atoms with van der Waals surface area (Å²) in [7, 11) is -3.73. The Morgan fingerprint density at radius 3 is 2.52 bits per heavy atom. The molecule has 0 saturated carbocycles. The van der Waals surface area contributed by atoms with E-state index in [1.165, 1.54) is 12.1 Å². The predicted octanol–water partition coefficient (Wildman–Crippen LogP) is 3.34. The van der Waals surface area contributed by atoms with Crippen LogP contribution < -0.4 is 9.46 Å². The summed E-state index contributed by atoms with van der Waals surface area (Å²) in [5.41, 5.74) is 1.45. The Labute approximate surface area is 146 Å². The molecule has 0 atom stereocenters. The molecule has 0 aliphatic heterocycles. The van der Waals surface area contributed by atoms with Gasteiger partial charge in [-0.3, -0.25) is 9.71 Å². The molecule has 0 aliphatic rings. The van der Waals surface area contributed by atoms with Crippen molar-refractivity contribution >= 4 is 15.8 Å². The largest absolute Gasteiger partial charge is 0.494 e. The summed E-state index contributed by atoms with van der Waals surface area (Å²) in [6, 6.07) is 15.0. The van der Waals surface area contributed by atoms with Crippen molar-refractivity contribution in [3.63, 3.8) is 0 Å². The summed E-state index contributed by atoms with van der Waals surface area (Å²) < 4.78 is 32.8. The van der Waals surface area contributed by atoms with Crippen molar-refractivity contribution in [1.82, 2.24) is 9.97 Å². The molecule has 25 heavy (non-hydrogen) atoms. The SMILES string of the molecule is CCOc1ccc(S(=O)(=O)Nc2cccc(-c3cccnc3)n2)cc1. The number of benzene rings is 1. The molecule has 6 nitrogen and oxygen atoms in total. The molecular weight excluding hydrogens is 338 g/mol. The second kappa shape index (κ2) is 7.31. The molecule has 0 unspecified atom stereocenters. The van der Waals surface area contributed by atoms with Crippen LogP contribution >= 0.6 is 0 Å². The van der Waals surface area contributed by atoms with Crippen LogP contribution in [0.25, 0.3) is 11.3 Å². The number of hydrogen-bond acceptors (Lipinski definition) is 5. The minimum atomic E-state index is -3.73. The summed E-state index contributed by atoms with van der Waals surface area (Å²) in [6.45, 7) is 2.39. The van der Waals surface area contributed by atoms with Crippen LogP contribution in [0.2, 0.25) is 0 Å². The van der Waals surface area contributed by atoms with Crippen LogP contribution in [0.3, 0.4) is 0 Å². The van der Waals surface area contributed by atoms with Gasteiger partial charge in [-0.1, -0.05) is 6.07 Å². The second-order valence-electron chi connectivity index (χ2n) is 5.16. The highest BCUT2D eigenvalue weighted by Gasteiger charge is 2.15. The molecule has 0 spiro atoms. The van der Waals surface area contributed by atoms with E-state index in [0.717, 1.165) is 5.56 Å². The molecule has 0 aliphatic carbocycles. The Morgan fingerprint density at radius 1 is 1.04 bits per heavy atom. The normalized spacial score (nSPS) is 11.1. The zero-order chi connectivity index (χ0) is 17.7. The zero-order valence-electron chi connectivity index (χ0n) is 13.6. The standard InChI is InChI=1S/C18H17N3O3S/c1-2-24-15-8-10-16(11-9-15)25(22,23)21-18-7-3-6-17(20-18)14-5-4-12-19-13-14/h3-13H,2H2,1H3,(H,20,21). The lowest BCUT2D eigenvalue weighted by Gasteiger charge is -2.09. The van der Waals surface area contributed by atoms with E-state index >= 15 is 0 Å². The first-order valence-corrected chi connectivity index (χ1v) is 9.20. The Bertz CT molecular complexity index is 943. The predicted molar refractivity (Wildman–Crippen MR) is 95.9 cm³/mol. The summed E-state index contributed by atoms with van der Waals surface area (Å²) >= 11 is 0. The van der Waals surface area contributed by atoms with Crippen LogP contribution in [-0.4, -0.2) is 25.0 Å². The fourth-order valence-electron chi connectivity index (χ4n) is 2.24. The van der Waals surface area contributed by atoms with Gasteiger partial charge in [-0.05, 0) is 55.5 Å². The van der Waals surface area contributed by atoms with Gasteiger partial charge in [-0.15, -0.1) is 0 Å². The lowest BCUT2D eigenvalue weighted by Crippen LogP contribution is -2.14. The van der Waals surface area contributed by atoms with Gasteiger partial charge in [-0.25, -0.2) is 13.4 Å². The fraction of sp³-hybridized carbons (Fsp3) is 0.111. The van der Waals surface area contributed by atoms with E-state index in [9.17, 15) is 8.42 Å². The lowest BCUT2D eigenvalue weighted by molar-refractivity contribution is 0.340. The number of hydrogen-bond donors (Lipinski definition) is 1. The first-order chi connectivity index (χ1) is 12.1. The van der Waals surface area contributed by atoms with Crippen LogP contribution in [0.4, 0.5) is 5.82 Å². The third-order valence-corrected chi connectivity index (χ3v) is 4.76. The van der Waals surface area contributed by atoms with Crippen molar-refractivity contribution in [3.8, 4) is 17.0 Å². The Kier molecular flexibility index (Phi) is 4.95. The van der Waals surface area contributed by atoms with Crippen LogP contribution in [0.1, 0.15) is 6.92 Å². The van der Waals surface area contributed by atoms with Crippen molar-refractivity contribution in [1.29, 1.82) is 0 Å². The van der Waals surface area contributed by atoms with Gasteiger partial charge in [0.05, 0.1) is 17.2 Å². The zero-order valence-corrected chi connectivity index (χ0v) is 14.4. The molecule has 1 N–H and O–H groups in total. The lowest BCUT2D eigenvalue weighted by atomic mass is 10.2. The van der Waals surface area contributed by atoms with E-state index in [2.05, 4.69) is 14.7 Å². The Morgan fingerprint density at radius 2 is 1.84 bits per heavy atom. The first-order valence-electron chi connectivity index (χ1n) is 7.71. The minimum absolute atomic E-state index is 0.143. The van der Waals surface area contributed by atoms with Gasteiger partial charge in [0.15, 0.2) is 0 Å². The molecule has 2 aromatic heterocycles. The number of rotatable bonds is 6. The van der Waals surface area contributed by atoms with E-state index in [0.29, 0.717) is 18.1 Å². The first kappa shape index (κ1) is 16.9. The number of pyridine rings is 2. The molecule has 3 aromatic rings. The highest BCUT2D eigenvalue weighted by molar-refractivity contribution is 7.92. The highest BCUT2D eigenvalue weighted by Crippen LogP contribution is 2.21. The Balaban J connectivity index is 1.83. The molecule has 1 aromatic carbocycles. The molecule has 0 bridgehead atoms. The average molecular weight is 355 g/mol. The van der Waals surface area contributed by atoms with E-state index in [4.69, 9.17) is 4.74 Å². The van der Waals surface area contributed by atoms with Gasteiger partial charge in [0.1, 0.15) is 11.6 Å². The van der Waals surface area contributed by atoms with E-state index in [1.807, 2.05) is 13.0 Å². The highest BCUT2D eigenvalue weighted by atomic mass is 32.2. The van der Waals surface area contributed by atoms with Crippen molar-refractivity contribution in [2.75, 3.05) is 11.3 Å². The second-order valence-corrected chi connectivity index (χ2v) is 6.84. The third kappa shape index (κ3) is 4.13. The number of aromatic nitrogens is 2. The maximum atomic E-state index is 12.5. The van der Waals surface area contributed by atoms with Crippen LogP contribution in [0.15, 0.2) is 71.9 Å². The average Bonchev–Trinajstić information content (AvgIpc) is 2.63. The third-order valence-electron chi connectivity index (χ3n) is 3.39. The van der Waals surface area contributed by atoms with Gasteiger partial charge in [-0.2, -0.15) is 0 Å². The number of ether oxygens (including phenoxy) is 1. The van der Waals surface area contributed by atoms with Gasteiger partial charge in [0.25, 0.3) is 10.0 Å². The van der Waals surface area contributed by atoms with Gasteiger partial charge in [0.2, 0.25) is 0 Å². The van der Waals surface area contributed by atoms with Crippen molar-refractivity contribution < 1.29 is 13.2 Å². The summed E-state index contributed by atoms with van der Waals surface area (Å²) in [5, 5.41) is 0. The van der Waals surface area contributed by atoms with Crippen LogP contribution in [-0.2, 0) is 10.0 Å². The smallest absolute Gasteiger partial charge is 0.263 e. The van der Waals surface area contributed by atoms with Crippen LogP contribution in [0, 0.1) is 0 Å². The molecule has 3 rings (SSSR count). The minimum Gasteiger partial charge on any atom is -0.494 e. The van der Waals surface area contributed by atoms with Gasteiger partial charge < -0.3 is 4.74 Å². The monoisotopic (exact) mass is 355 g/mol. The van der Waals surface area contributed by atoms with Crippen LogP contribution in [0.5, 0.6) is 5.75 Å². The quantitative estimate of drug-likeness (QED) is 0.733. The molecule has 128 valence electrons. The molecule has 2 heterocycles. The van der Waals surface area contributed by atoms with Crippen molar-refractivity contribution in [3.05, 3.63) is 67.0 Å². The number of nitrogens with zero attached hydrogens (tertiary/aromatic N) is 2. The van der Waals surface area contributed by atoms with Crippen molar-refractivity contribution in [2.45, 2.75) is 11.8 Å². The summed E-state index contributed by atoms with van der Waals surface area (Å²) in [4.78, 5) is 8.53. The van der Waals surface area contributed by atoms with Crippen molar-refractivity contribution in [2.24, 2.45) is 0 Å². The van der Waals surface area contributed by atoms with E-state index < -0.39 is 10.0 Å². The Hall–Kier alpha value is -2.93. The molecule has 0 radical (unpaired) electrons. The topological polar surface area (TPSA) is 81.2 Å². The molecule has 0 amide bonds. The number of sulfonamides is 1. The number of anilines is 1.